The van der Waals surface area contributed by atoms with Crippen LogP contribution in [0, 0.1) is 6.92 Å². The Kier molecular flexibility index (Phi) is 4.73. The third-order valence-electron chi connectivity index (χ3n) is 2.04. The lowest BCUT2D eigenvalue weighted by Crippen LogP contribution is -2.28. The van der Waals surface area contributed by atoms with E-state index in [-0.39, 0.29) is 12.5 Å². The molecule has 3 nitrogen and oxygen atoms in total. The number of rotatable bonds is 4. The molecule has 0 radical (unpaired) electrons. The highest BCUT2D eigenvalue weighted by Crippen LogP contribution is 2.05. The van der Waals surface area contributed by atoms with Crippen LogP contribution in [0.5, 0.6) is 0 Å². The van der Waals surface area contributed by atoms with Crippen molar-refractivity contribution in [3.05, 3.63) is 41.5 Å². The van der Waals surface area contributed by atoms with Gasteiger partial charge in [-0.15, -0.1) is 0 Å². The largest absolute Gasteiger partial charge is 0.392 e. The summed E-state index contributed by atoms with van der Waals surface area (Å²) in [6.07, 6.45) is 2.71. The molecule has 0 heterocycles. The molecule has 1 rings (SSSR count). The van der Waals surface area contributed by atoms with E-state index in [0.29, 0.717) is 0 Å². The van der Waals surface area contributed by atoms with Crippen LogP contribution in [0.2, 0.25) is 0 Å². The first kappa shape index (κ1) is 12.5. The summed E-state index contributed by atoms with van der Waals surface area (Å²) in [6, 6.07) is 7.89. The van der Waals surface area contributed by atoms with Gasteiger partial charge in [-0.25, -0.2) is 0 Å². The Morgan fingerprint density at radius 1 is 1.56 bits per heavy atom. The van der Waals surface area contributed by atoms with E-state index >= 15 is 0 Å². The van der Waals surface area contributed by atoms with Gasteiger partial charge in [0.15, 0.2) is 0 Å². The summed E-state index contributed by atoms with van der Waals surface area (Å²) in [5.74, 6) is -0.192. The van der Waals surface area contributed by atoms with Gasteiger partial charge in [0.1, 0.15) is 0 Å². The zero-order valence-electron chi connectivity index (χ0n) is 9.60. The van der Waals surface area contributed by atoms with E-state index in [2.05, 4.69) is 5.32 Å². The molecule has 16 heavy (non-hydrogen) atoms. The maximum atomic E-state index is 11.3. The van der Waals surface area contributed by atoms with Crippen molar-refractivity contribution in [2.45, 2.75) is 20.0 Å². The Morgan fingerprint density at radius 2 is 2.31 bits per heavy atom. The number of aliphatic hydroxyl groups is 1. The smallest absolute Gasteiger partial charge is 0.244 e. The van der Waals surface area contributed by atoms with Crippen LogP contribution >= 0.6 is 0 Å². The van der Waals surface area contributed by atoms with Gasteiger partial charge in [-0.05, 0) is 25.5 Å². The van der Waals surface area contributed by atoms with E-state index in [1.165, 1.54) is 6.08 Å². The first-order chi connectivity index (χ1) is 7.58. The third kappa shape index (κ3) is 4.75. The predicted molar refractivity (Wildman–Crippen MR) is 64.9 cm³/mol. The van der Waals surface area contributed by atoms with E-state index in [1.807, 2.05) is 31.2 Å². The molecular formula is C13H17NO2. The highest BCUT2D eigenvalue weighted by atomic mass is 16.3. The number of hydrogen-bond donors (Lipinski definition) is 2. The van der Waals surface area contributed by atoms with Crippen molar-refractivity contribution in [2.24, 2.45) is 0 Å². The van der Waals surface area contributed by atoms with Crippen LogP contribution in [0.3, 0.4) is 0 Å². The Balaban J connectivity index is 2.50. The average Bonchev–Trinajstić information content (AvgIpc) is 2.23. The molecule has 0 bridgehead atoms. The van der Waals surface area contributed by atoms with Gasteiger partial charge < -0.3 is 10.4 Å². The standard InChI is InChI=1S/C13H17NO2/c1-10-4-3-5-12(8-10)6-7-13(16)14-9-11(2)15/h3-8,11,15H,9H2,1-2H3,(H,14,16)/b7-6+/t11-/m1/s1. The predicted octanol–water partition coefficient (Wildman–Crippen LogP) is 1.51. The van der Waals surface area contributed by atoms with Gasteiger partial charge in [0.2, 0.25) is 5.91 Å². The highest BCUT2D eigenvalue weighted by Gasteiger charge is 1.98. The van der Waals surface area contributed by atoms with Gasteiger partial charge >= 0.3 is 0 Å². The summed E-state index contributed by atoms with van der Waals surface area (Å²) in [4.78, 5) is 11.3. The Labute approximate surface area is 95.8 Å². The van der Waals surface area contributed by atoms with Crippen molar-refractivity contribution >= 4 is 12.0 Å². The molecule has 0 fully saturated rings. The fourth-order valence-corrected chi connectivity index (χ4v) is 1.25. The van der Waals surface area contributed by atoms with Gasteiger partial charge in [-0.2, -0.15) is 0 Å². The van der Waals surface area contributed by atoms with E-state index in [1.54, 1.807) is 13.0 Å². The number of aliphatic hydroxyl groups excluding tert-OH is 1. The summed E-state index contributed by atoms with van der Waals surface area (Å²) >= 11 is 0. The maximum Gasteiger partial charge on any atom is 0.244 e. The summed E-state index contributed by atoms with van der Waals surface area (Å²) in [5, 5.41) is 11.6. The summed E-state index contributed by atoms with van der Waals surface area (Å²) in [5.41, 5.74) is 2.15. The fourth-order valence-electron chi connectivity index (χ4n) is 1.25. The molecule has 0 aliphatic carbocycles. The van der Waals surface area contributed by atoms with Crippen molar-refractivity contribution in [2.75, 3.05) is 6.54 Å². The minimum atomic E-state index is -0.517. The first-order valence-electron chi connectivity index (χ1n) is 5.28. The maximum absolute atomic E-state index is 11.3. The van der Waals surface area contributed by atoms with Crippen molar-refractivity contribution in [3.8, 4) is 0 Å². The summed E-state index contributed by atoms with van der Waals surface area (Å²) in [6.45, 7) is 3.91. The van der Waals surface area contributed by atoms with Crippen LogP contribution in [0.4, 0.5) is 0 Å². The minimum absolute atomic E-state index is 0.192. The molecule has 0 saturated heterocycles. The molecule has 0 aliphatic heterocycles. The number of carbonyl (C=O) groups is 1. The SMILES string of the molecule is Cc1cccc(/C=C/C(=O)NC[C@@H](C)O)c1. The topological polar surface area (TPSA) is 49.3 Å². The molecule has 0 spiro atoms. The number of benzene rings is 1. The van der Waals surface area contributed by atoms with Crippen LogP contribution in [-0.4, -0.2) is 23.7 Å². The molecule has 2 N–H and O–H groups in total. The zero-order chi connectivity index (χ0) is 12.0. The van der Waals surface area contributed by atoms with E-state index < -0.39 is 6.10 Å². The van der Waals surface area contributed by atoms with Crippen LogP contribution in [0.25, 0.3) is 6.08 Å². The normalized spacial score (nSPS) is 12.7. The van der Waals surface area contributed by atoms with Gasteiger partial charge in [0.25, 0.3) is 0 Å². The molecule has 1 aromatic rings. The Bertz CT molecular complexity index is 383. The molecule has 1 atom stereocenters. The van der Waals surface area contributed by atoms with Gasteiger partial charge in [-0.1, -0.05) is 29.8 Å². The van der Waals surface area contributed by atoms with Crippen LogP contribution in [0.15, 0.2) is 30.3 Å². The Morgan fingerprint density at radius 3 is 2.94 bits per heavy atom. The van der Waals surface area contributed by atoms with E-state index in [0.717, 1.165) is 11.1 Å². The number of hydrogen-bond acceptors (Lipinski definition) is 2. The van der Waals surface area contributed by atoms with Crippen LogP contribution < -0.4 is 5.32 Å². The zero-order valence-corrected chi connectivity index (χ0v) is 9.60. The van der Waals surface area contributed by atoms with Crippen LogP contribution in [-0.2, 0) is 4.79 Å². The van der Waals surface area contributed by atoms with Gasteiger partial charge in [0, 0.05) is 12.6 Å². The molecule has 0 aliphatic rings. The first-order valence-corrected chi connectivity index (χ1v) is 5.28. The fraction of sp³-hybridized carbons (Fsp3) is 0.308. The number of carbonyl (C=O) groups excluding carboxylic acids is 1. The third-order valence-corrected chi connectivity index (χ3v) is 2.04. The monoisotopic (exact) mass is 219 g/mol. The number of amides is 1. The van der Waals surface area contributed by atoms with E-state index in [4.69, 9.17) is 5.11 Å². The summed E-state index contributed by atoms with van der Waals surface area (Å²) < 4.78 is 0. The van der Waals surface area contributed by atoms with Crippen LogP contribution in [0.1, 0.15) is 18.1 Å². The molecule has 1 amide bonds. The van der Waals surface area contributed by atoms with Crippen molar-refractivity contribution in [1.29, 1.82) is 0 Å². The minimum Gasteiger partial charge on any atom is -0.392 e. The second kappa shape index (κ2) is 6.08. The molecule has 0 aromatic heterocycles. The lowest BCUT2D eigenvalue weighted by Gasteiger charge is -2.03. The Hall–Kier alpha value is -1.61. The number of nitrogens with one attached hydrogen (secondary N) is 1. The second-order valence-electron chi connectivity index (χ2n) is 3.84. The van der Waals surface area contributed by atoms with Crippen molar-refractivity contribution in [1.82, 2.24) is 5.32 Å². The molecule has 0 unspecified atom stereocenters. The molecule has 86 valence electrons. The van der Waals surface area contributed by atoms with Crippen molar-refractivity contribution in [3.63, 3.8) is 0 Å². The quantitative estimate of drug-likeness (QED) is 0.754. The molecule has 0 saturated carbocycles. The second-order valence-corrected chi connectivity index (χ2v) is 3.84. The lowest BCUT2D eigenvalue weighted by molar-refractivity contribution is -0.116. The molecule has 3 heteroatoms. The summed E-state index contributed by atoms with van der Waals surface area (Å²) in [7, 11) is 0. The highest BCUT2D eigenvalue weighted by molar-refractivity contribution is 5.91. The van der Waals surface area contributed by atoms with E-state index in [9.17, 15) is 4.79 Å². The van der Waals surface area contributed by atoms with Gasteiger partial charge in [-0.3, -0.25) is 4.79 Å². The lowest BCUT2D eigenvalue weighted by atomic mass is 10.1. The number of aryl methyl sites for hydroxylation is 1. The molecular weight excluding hydrogens is 202 g/mol. The van der Waals surface area contributed by atoms with Crippen molar-refractivity contribution < 1.29 is 9.90 Å². The molecule has 1 aromatic carbocycles. The van der Waals surface area contributed by atoms with Gasteiger partial charge in [0.05, 0.1) is 6.10 Å². The average molecular weight is 219 g/mol.